The number of hydrogen-bond donors (Lipinski definition) is 2. The zero-order valence-corrected chi connectivity index (χ0v) is 17.1. The first-order valence-corrected chi connectivity index (χ1v) is 9.82. The number of aliphatic hydroxyl groups excluding tert-OH is 1. The molecule has 30 heavy (non-hydrogen) atoms. The van der Waals surface area contributed by atoms with Crippen molar-refractivity contribution in [1.82, 2.24) is 0 Å². The van der Waals surface area contributed by atoms with Crippen LogP contribution in [0.5, 0.6) is 28.7 Å². The third-order valence-electron chi connectivity index (χ3n) is 6.23. The van der Waals surface area contributed by atoms with Gasteiger partial charge < -0.3 is 33.9 Å². The lowest BCUT2D eigenvalue weighted by Gasteiger charge is -2.47. The second kappa shape index (κ2) is 6.55. The highest BCUT2D eigenvalue weighted by Gasteiger charge is 2.56. The maximum atomic E-state index is 11.7. The molecule has 0 saturated carbocycles. The van der Waals surface area contributed by atoms with Gasteiger partial charge in [0, 0.05) is 29.2 Å². The lowest BCUT2D eigenvalue weighted by molar-refractivity contribution is -0.179. The summed E-state index contributed by atoms with van der Waals surface area (Å²) in [5.74, 6) is 2.59. The molecule has 3 heterocycles. The van der Waals surface area contributed by atoms with E-state index in [0.29, 0.717) is 46.3 Å². The van der Waals surface area contributed by atoms with E-state index >= 15 is 0 Å². The molecule has 0 amide bonds. The quantitative estimate of drug-likeness (QED) is 0.750. The highest BCUT2D eigenvalue weighted by atomic mass is 16.6. The lowest BCUT2D eigenvalue weighted by atomic mass is 9.76. The molecule has 0 radical (unpaired) electrons. The minimum atomic E-state index is -1.71. The van der Waals surface area contributed by atoms with E-state index in [1.807, 2.05) is 13.0 Å². The van der Waals surface area contributed by atoms with Gasteiger partial charge in [-0.05, 0) is 30.7 Å². The van der Waals surface area contributed by atoms with E-state index in [2.05, 4.69) is 6.58 Å². The summed E-state index contributed by atoms with van der Waals surface area (Å²) >= 11 is 0. The van der Waals surface area contributed by atoms with Crippen molar-refractivity contribution < 1.29 is 33.9 Å². The summed E-state index contributed by atoms with van der Waals surface area (Å²) in [6.45, 7) is 5.98. The van der Waals surface area contributed by atoms with Crippen LogP contribution in [0.3, 0.4) is 0 Å². The average Bonchev–Trinajstić information content (AvgIpc) is 3.19. The summed E-state index contributed by atoms with van der Waals surface area (Å²) in [6, 6.07) is 6.83. The van der Waals surface area contributed by atoms with Crippen molar-refractivity contribution in [3.8, 4) is 28.7 Å². The zero-order chi connectivity index (χ0) is 21.2. The van der Waals surface area contributed by atoms with Crippen molar-refractivity contribution in [3.63, 3.8) is 0 Å². The topological polar surface area (TPSA) is 86.6 Å². The van der Waals surface area contributed by atoms with Crippen LogP contribution in [0.1, 0.15) is 29.7 Å². The number of methoxy groups -OCH3 is 2. The Morgan fingerprint density at radius 3 is 2.57 bits per heavy atom. The van der Waals surface area contributed by atoms with Gasteiger partial charge in [0.15, 0.2) is 23.2 Å². The maximum absolute atomic E-state index is 11.7. The van der Waals surface area contributed by atoms with Gasteiger partial charge in [0.1, 0.15) is 36.1 Å². The van der Waals surface area contributed by atoms with Gasteiger partial charge in [0.25, 0.3) is 0 Å². The molecular weight excluding hydrogens is 388 g/mol. The average molecular weight is 412 g/mol. The van der Waals surface area contributed by atoms with Gasteiger partial charge in [-0.2, -0.15) is 0 Å². The first kappa shape index (κ1) is 19.1. The Balaban J connectivity index is 1.62. The molecule has 5 rings (SSSR count). The number of benzene rings is 2. The Hall–Kier alpha value is -2.90. The first-order valence-electron chi connectivity index (χ1n) is 9.82. The smallest absolute Gasteiger partial charge is 0.168 e. The molecule has 3 aliphatic rings. The van der Waals surface area contributed by atoms with Gasteiger partial charge in [-0.3, -0.25) is 0 Å². The Morgan fingerprint density at radius 2 is 1.87 bits per heavy atom. The predicted octanol–water partition coefficient (Wildman–Crippen LogP) is 2.66. The van der Waals surface area contributed by atoms with Crippen LogP contribution in [0.25, 0.3) is 0 Å². The van der Waals surface area contributed by atoms with E-state index in [9.17, 15) is 10.2 Å². The number of aliphatic hydroxyl groups is 2. The van der Waals surface area contributed by atoms with E-state index in [-0.39, 0.29) is 12.7 Å². The highest BCUT2D eigenvalue weighted by molar-refractivity contribution is 5.60. The second-order valence-electron chi connectivity index (χ2n) is 7.97. The molecule has 0 aliphatic carbocycles. The van der Waals surface area contributed by atoms with E-state index in [1.54, 1.807) is 18.2 Å². The Morgan fingerprint density at radius 1 is 1.13 bits per heavy atom. The summed E-state index contributed by atoms with van der Waals surface area (Å²) in [6.07, 6.45) is -1.55. The van der Waals surface area contributed by atoms with Gasteiger partial charge in [-0.1, -0.05) is 6.58 Å². The van der Waals surface area contributed by atoms with Crippen molar-refractivity contribution >= 4 is 0 Å². The van der Waals surface area contributed by atoms with Gasteiger partial charge in [0.05, 0.1) is 14.2 Å². The molecule has 3 aliphatic heterocycles. The van der Waals surface area contributed by atoms with Crippen molar-refractivity contribution in [2.24, 2.45) is 0 Å². The second-order valence-corrected chi connectivity index (χ2v) is 7.97. The van der Waals surface area contributed by atoms with Gasteiger partial charge in [-0.15, -0.1) is 0 Å². The molecule has 0 spiro atoms. The summed E-state index contributed by atoms with van der Waals surface area (Å²) in [5, 5.41) is 23.1. The van der Waals surface area contributed by atoms with Crippen LogP contribution < -0.4 is 23.7 Å². The molecule has 0 saturated heterocycles. The standard InChI is InChI=1S/C23H24O7/c1-11(2)16-7-13-15(29-16)6-5-12-21(13)30-20-10-28-17-9-19(27-4)18(26-3)8-14(17)23(20,25)22(12)24/h5-6,8-9,16,20,22,24-25H,1,7,10H2,2-4H3/t16-,20-,22-,23-/m1/s1. The molecule has 7 heteroatoms. The van der Waals surface area contributed by atoms with Crippen LogP contribution in [-0.4, -0.2) is 43.2 Å². The fraction of sp³-hybridized carbons (Fsp3) is 0.391. The molecule has 7 nitrogen and oxygen atoms in total. The van der Waals surface area contributed by atoms with E-state index < -0.39 is 17.8 Å². The van der Waals surface area contributed by atoms with Crippen LogP contribution in [0.4, 0.5) is 0 Å². The van der Waals surface area contributed by atoms with Crippen LogP contribution in [0.2, 0.25) is 0 Å². The Labute approximate surface area is 174 Å². The summed E-state index contributed by atoms with van der Waals surface area (Å²) < 4.78 is 28.8. The number of rotatable bonds is 3. The first-order chi connectivity index (χ1) is 14.4. The van der Waals surface area contributed by atoms with Crippen molar-refractivity contribution in [2.45, 2.75) is 37.3 Å². The van der Waals surface area contributed by atoms with Crippen molar-refractivity contribution in [2.75, 3.05) is 20.8 Å². The molecular formula is C23H24O7. The predicted molar refractivity (Wildman–Crippen MR) is 108 cm³/mol. The minimum absolute atomic E-state index is 0.0733. The number of ether oxygens (including phenoxy) is 5. The van der Waals surface area contributed by atoms with E-state index in [1.165, 1.54) is 14.2 Å². The molecule has 0 aromatic heterocycles. The monoisotopic (exact) mass is 412 g/mol. The fourth-order valence-electron chi connectivity index (χ4n) is 4.53. The van der Waals surface area contributed by atoms with Gasteiger partial charge in [-0.25, -0.2) is 0 Å². The van der Waals surface area contributed by atoms with Crippen LogP contribution in [-0.2, 0) is 12.0 Å². The van der Waals surface area contributed by atoms with Crippen molar-refractivity contribution in [1.29, 1.82) is 0 Å². The molecule has 0 bridgehead atoms. The summed E-state index contributed by atoms with van der Waals surface area (Å²) in [7, 11) is 3.04. The normalized spacial score (nSPS) is 28.0. The fourth-order valence-corrected chi connectivity index (χ4v) is 4.53. The molecule has 4 atom stereocenters. The molecule has 2 aromatic rings. The summed E-state index contributed by atoms with van der Waals surface area (Å²) in [4.78, 5) is 0. The van der Waals surface area contributed by atoms with Crippen LogP contribution in [0.15, 0.2) is 36.4 Å². The molecule has 158 valence electrons. The van der Waals surface area contributed by atoms with Crippen LogP contribution in [0, 0.1) is 0 Å². The maximum Gasteiger partial charge on any atom is 0.168 e. The van der Waals surface area contributed by atoms with Gasteiger partial charge >= 0.3 is 0 Å². The van der Waals surface area contributed by atoms with Crippen LogP contribution >= 0.6 is 0 Å². The van der Waals surface area contributed by atoms with Gasteiger partial charge in [0.2, 0.25) is 0 Å². The van der Waals surface area contributed by atoms with E-state index in [0.717, 1.165) is 11.1 Å². The SMILES string of the molecule is C=C(C)[C@H]1Cc2c(ccc3c2O[C@@H]2COc4cc(OC)c(OC)cc4[C@]2(O)[C@@H]3O)O1. The molecule has 2 aromatic carbocycles. The highest BCUT2D eigenvalue weighted by Crippen LogP contribution is 2.55. The largest absolute Gasteiger partial charge is 0.493 e. The third-order valence-corrected chi connectivity index (χ3v) is 6.23. The van der Waals surface area contributed by atoms with E-state index in [4.69, 9.17) is 23.7 Å². The lowest BCUT2D eigenvalue weighted by Crippen LogP contribution is -2.56. The third kappa shape index (κ3) is 2.45. The summed E-state index contributed by atoms with van der Waals surface area (Å²) in [5.41, 5.74) is 0.998. The molecule has 0 fully saturated rings. The number of hydrogen-bond acceptors (Lipinski definition) is 7. The number of fused-ring (bicyclic) bond motifs is 6. The molecule has 0 unspecified atom stereocenters. The minimum Gasteiger partial charge on any atom is -0.493 e. The Bertz CT molecular complexity index is 1050. The van der Waals surface area contributed by atoms with Crippen molar-refractivity contribution in [3.05, 3.63) is 53.1 Å². The Kier molecular flexibility index (Phi) is 4.17. The zero-order valence-electron chi connectivity index (χ0n) is 17.1. The molecule has 2 N–H and O–H groups in total.